The Hall–Kier alpha value is -1.30. The van der Waals surface area contributed by atoms with Crippen LogP contribution in [0.4, 0.5) is 5.69 Å². The summed E-state index contributed by atoms with van der Waals surface area (Å²) in [4.78, 5) is 8.18. The summed E-state index contributed by atoms with van der Waals surface area (Å²) in [5.74, 6) is 0. The highest BCUT2D eigenvalue weighted by Gasteiger charge is 2.09. The molecule has 1 aromatic carbocycles. The lowest BCUT2D eigenvalue weighted by molar-refractivity contribution is 0.968. The van der Waals surface area contributed by atoms with Crippen LogP contribution in [-0.4, -0.2) is 22.4 Å². The lowest BCUT2D eigenvalue weighted by Crippen LogP contribution is -1.97. The summed E-state index contributed by atoms with van der Waals surface area (Å²) in [6.45, 7) is 0. The zero-order valence-electron chi connectivity index (χ0n) is 9.97. The molecule has 0 amide bonds. The number of para-hydroxylation sites is 1. The number of nitrogens with one attached hydrogen (secondary N) is 1. The number of nitrogens with zero attached hydrogens (tertiary/aromatic N) is 3. The van der Waals surface area contributed by atoms with Crippen LogP contribution in [0.3, 0.4) is 0 Å². The van der Waals surface area contributed by atoms with Crippen molar-refractivity contribution in [1.82, 2.24) is 9.97 Å². The molecule has 0 saturated heterocycles. The van der Waals surface area contributed by atoms with Crippen LogP contribution in [0.5, 0.6) is 0 Å². The highest BCUT2D eigenvalue weighted by molar-refractivity contribution is 7.98. The summed E-state index contributed by atoms with van der Waals surface area (Å²) in [7, 11) is 0. The number of hydrogen-bond acceptors (Lipinski definition) is 5. The molecule has 0 bridgehead atoms. The van der Waals surface area contributed by atoms with Gasteiger partial charge in [0.15, 0.2) is 5.16 Å². The molecule has 2 rings (SSSR count). The molecule has 19 heavy (non-hydrogen) atoms. The number of hydrogen-bond donors (Lipinski definition) is 1. The minimum Gasteiger partial charge on any atom is -0.279 e. The second kappa shape index (κ2) is 6.75. The second-order valence-electron chi connectivity index (χ2n) is 3.44. The first-order chi connectivity index (χ1) is 9.20. The molecule has 0 aliphatic carbocycles. The highest BCUT2D eigenvalue weighted by Crippen LogP contribution is 2.22. The predicted octanol–water partition coefficient (Wildman–Crippen LogP) is 3.95. The number of thioether (sulfide) groups is 1. The maximum atomic E-state index is 6.03. The summed E-state index contributed by atoms with van der Waals surface area (Å²) in [6.07, 6.45) is 3.36. The zero-order valence-corrected chi connectivity index (χ0v) is 12.3. The molecule has 0 spiro atoms. The van der Waals surface area contributed by atoms with Crippen molar-refractivity contribution in [3.8, 4) is 0 Å². The minimum atomic E-state index is 0.281. The van der Waals surface area contributed by atoms with Crippen molar-refractivity contribution in [2.75, 3.05) is 11.7 Å². The Bertz CT molecular complexity index is 567. The third-order valence-corrected chi connectivity index (χ3v) is 3.30. The SMILES string of the molecule is CSc1nc(Cl)c(C=NNc2ccccc2)c(Cl)n1. The Balaban J connectivity index is 2.15. The smallest absolute Gasteiger partial charge is 0.190 e. The fraction of sp³-hybridized carbons (Fsp3) is 0.0833. The molecule has 1 N–H and O–H groups in total. The van der Waals surface area contributed by atoms with Gasteiger partial charge in [-0.15, -0.1) is 0 Å². The molecule has 0 aliphatic rings. The first-order valence-corrected chi connectivity index (χ1v) is 7.30. The maximum Gasteiger partial charge on any atom is 0.190 e. The summed E-state index contributed by atoms with van der Waals surface area (Å²) >= 11 is 13.4. The van der Waals surface area contributed by atoms with E-state index in [9.17, 15) is 0 Å². The first-order valence-electron chi connectivity index (χ1n) is 5.32. The van der Waals surface area contributed by atoms with Crippen LogP contribution < -0.4 is 5.43 Å². The Morgan fingerprint density at radius 3 is 2.37 bits per heavy atom. The topological polar surface area (TPSA) is 50.2 Å². The average molecular weight is 313 g/mol. The van der Waals surface area contributed by atoms with E-state index in [2.05, 4.69) is 20.5 Å². The van der Waals surface area contributed by atoms with E-state index < -0.39 is 0 Å². The third-order valence-electron chi connectivity index (χ3n) is 2.18. The normalized spacial score (nSPS) is 10.9. The fourth-order valence-electron chi connectivity index (χ4n) is 1.28. The predicted molar refractivity (Wildman–Crippen MR) is 81.5 cm³/mol. The molecule has 0 unspecified atom stereocenters. The molecule has 0 aliphatic heterocycles. The van der Waals surface area contributed by atoms with Gasteiger partial charge in [-0.05, 0) is 18.4 Å². The summed E-state index contributed by atoms with van der Waals surface area (Å²) < 4.78 is 0. The Kier molecular flexibility index (Phi) is 5.01. The van der Waals surface area contributed by atoms with E-state index in [4.69, 9.17) is 23.2 Å². The van der Waals surface area contributed by atoms with E-state index in [0.717, 1.165) is 5.69 Å². The van der Waals surface area contributed by atoms with Crippen LogP contribution in [-0.2, 0) is 0 Å². The molecular weight excluding hydrogens is 303 g/mol. The van der Waals surface area contributed by atoms with Crippen LogP contribution in [0.2, 0.25) is 10.3 Å². The van der Waals surface area contributed by atoms with Crippen LogP contribution in [0.1, 0.15) is 5.56 Å². The van der Waals surface area contributed by atoms with Gasteiger partial charge in [-0.2, -0.15) is 5.10 Å². The molecule has 0 radical (unpaired) electrons. The van der Waals surface area contributed by atoms with Gasteiger partial charge in [0, 0.05) is 0 Å². The highest BCUT2D eigenvalue weighted by atomic mass is 35.5. The van der Waals surface area contributed by atoms with Gasteiger partial charge in [0.25, 0.3) is 0 Å². The molecule has 1 aromatic heterocycles. The van der Waals surface area contributed by atoms with Gasteiger partial charge in [-0.1, -0.05) is 53.2 Å². The quantitative estimate of drug-likeness (QED) is 0.305. The Morgan fingerprint density at radius 1 is 1.16 bits per heavy atom. The Labute approximate surface area is 125 Å². The summed E-state index contributed by atoms with van der Waals surface area (Å²) in [6, 6.07) is 9.54. The lowest BCUT2D eigenvalue weighted by Gasteiger charge is -2.03. The Morgan fingerprint density at radius 2 is 1.79 bits per heavy atom. The largest absolute Gasteiger partial charge is 0.279 e. The minimum absolute atomic E-state index is 0.281. The number of halogens is 2. The third kappa shape index (κ3) is 3.83. The molecule has 1 heterocycles. The van der Waals surface area contributed by atoms with E-state index >= 15 is 0 Å². The second-order valence-corrected chi connectivity index (χ2v) is 4.93. The molecule has 0 saturated carbocycles. The van der Waals surface area contributed by atoms with Crippen molar-refractivity contribution in [1.29, 1.82) is 0 Å². The monoisotopic (exact) mass is 312 g/mol. The van der Waals surface area contributed by atoms with E-state index in [1.807, 2.05) is 36.6 Å². The van der Waals surface area contributed by atoms with Crippen LogP contribution >= 0.6 is 35.0 Å². The van der Waals surface area contributed by atoms with Gasteiger partial charge in [-0.3, -0.25) is 5.43 Å². The van der Waals surface area contributed by atoms with Crippen molar-refractivity contribution in [3.63, 3.8) is 0 Å². The zero-order chi connectivity index (χ0) is 13.7. The van der Waals surface area contributed by atoms with Crippen LogP contribution in [0, 0.1) is 0 Å². The molecule has 98 valence electrons. The van der Waals surface area contributed by atoms with E-state index in [0.29, 0.717) is 10.7 Å². The van der Waals surface area contributed by atoms with Gasteiger partial charge in [0.1, 0.15) is 10.3 Å². The van der Waals surface area contributed by atoms with Crippen molar-refractivity contribution < 1.29 is 0 Å². The van der Waals surface area contributed by atoms with Crippen LogP contribution in [0.15, 0.2) is 40.6 Å². The van der Waals surface area contributed by atoms with Gasteiger partial charge < -0.3 is 0 Å². The van der Waals surface area contributed by atoms with Gasteiger partial charge in [0.2, 0.25) is 0 Å². The number of hydrazone groups is 1. The summed E-state index contributed by atoms with van der Waals surface area (Å²) in [5.41, 5.74) is 4.23. The molecule has 2 aromatic rings. The average Bonchev–Trinajstić information content (AvgIpc) is 2.42. The van der Waals surface area contributed by atoms with Gasteiger partial charge in [0.05, 0.1) is 17.5 Å². The molecule has 0 atom stereocenters. The summed E-state index contributed by atoms with van der Waals surface area (Å²) in [5, 5.41) is 5.15. The van der Waals surface area contributed by atoms with Crippen molar-refractivity contribution in [2.45, 2.75) is 5.16 Å². The molecule has 0 fully saturated rings. The number of rotatable bonds is 4. The van der Waals surface area contributed by atoms with E-state index in [1.165, 1.54) is 18.0 Å². The van der Waals surface area contributed by atoms with E-state index in [-0.39, 0.29) is 10.3 Å². The van der Waals surface area contributed by atoms with E-state index in [1.54, 1.807) is 0 Å². The standard InChI is InChI=1S/C12H10Cl2N4S/c1-19-12-16-10(13)9(11(14)17-12)7-15-18-8-5-3-2-4-6-8/h2-7,18H,1H3. The first kappa shape index (κ1) is 14.1. The molecule has 7 heteroatoms. The van der Waals surface area contributed by atoms with Crippen LogP contribution in [0.25, 0.3) is 0 Å². The molecule has 4 nitrogen and oxygen atoms in total. The molecular formula is C12H10Cl2N4S. The van der Waals surface area contributed by atoms with Gasteiger partial charge in [-0.25, -0.2) is 9.97 Å². The fourth-order valence-corrected chi connectivity index (χ4v) is 2.23. The van der Waals surface area contributed by atoms with Crippen molar-refractivity contribution >= 4 is 46.9 Å². The number of anilines is 1. The lowest BCUT2D eigenvalue weighted by atomic mass is 10.3. The maximum absolute atomic E-state index is 6.03. The number of aromatic nitrogens is 2. The van der Waals surface area contributed by atoms with Crippen molar-refractivity contribution in [2.24, 2.45) is 5.10 Å². The van der Waals surface area contributed by atoms with Crippen molar-refractivity contribution in [3.05, 3.63) is 46.2 Å². The van der Waals surface area contributed by atoms with Gasteiger partial charge >= 0.3 is 0 Å². The number of benzene rings is 1.